The van der Waals surface area contributed by atoms with Gasteiger partial charge in [-0.05, 0) is 36.5 Å². The summed E-state index contributed by atoms with van der Waals surface area (Å²) in [4.78, 5) is 22.8. The van der Waals surface area contributed by atoms with Crippen molar-refractivity contribution in [3.05, 3.63) is 47.9 Å². The van der Waals surface area contributed by atoms with Crippen LogP contribution < -0.4 is 10.1 Å². The van der Waals surface area contributed by atoms with E-state index in [9.17, 15) is 4.79 Å². The minimum atomic E-state index is -0.0122. The fourth-order valence-corrected chi connectivity index (χ4v) is 2.88. The molecule has 25 heavy (non-hydrogen) atoms. The van der Waals surface area contributed by atoms with Gasteiger partial charge in [-0.1, -0.05) is 19.1 Å². The number of hydrogen-bond acceptors (Lipinski definition) is 5. The predicted octanol–water partition coefficient (Wildman–Crippen LogP) is 2.97. The fourth-order valence-electron chi connectivity index (χ4n) is 2.88. The summed E-state index contributed by atoms with van der Waals surface area (Å²) >= 11 is 0. The van der Waals surface area contributed by atoms with E-state index in [0.29, 0.717) is 24.0 Å². The van der Waals surface area contributed by atoms with Crippen LogP contribution in [0.2, 0.25) is 0 Å². The summed E-state index contributed by atoms with van der Waals surface area (Å²) < 4.78 is 5.16. The van der Waals surface area contributed by atoms with Crippen molar-refractivity contribution in [1.82, 2.24) is 14.9 Å². The topological polar surface area (TPSA) is 67.3 Å². The van der Waals surface area contributed by atoms with Crippen molar-refractivity contribution < 1.29 is 9.53 Å². The third kappa shape index (κ3) is 4.47. The van der Waals surface area contributed by atoms with Crippen molar-refractivity contribution in [3.63, 3.8) is 0 Å². The van der Waals surface area contributed by atoms with Gasteiger partial charge in [0.25, 0.3) is 5.91 Å². The molecule has 2 aromatic rings. The van der Waals surface area contributed by atoms with Gasteiger partial charge in [0.2, 0.25) is 0 Å². The van der Waals surface area contributed by atoms with Gasteiger partial charge in [-0.15, -0.1) is 0 Å². The summed E-state index contributed by atoms with van der Waals surface area (Å²) in [5, 5.41) is 3.24. The van der Waals surface area contributed by atoms with Crippen LogP contribution in [0.4, 0.5) is 5.82 Å². The maximum absolute atomic E-state index is 12.6. The summed E-state index contributed by atoms with van der Waals surface area (Å²) in [6.45, 7) is 4.46. The molecular formula is C19H24N4O2. The predicted molar refractivity (Wildman–Crippen MR) is 96.7 cm³/mol. The lowest BCUT2D eigenvalue weighted by molar-refractivity contribution is 0.0691. The van der Waals surface area contributed by atoms with Gasteiger partial charge in [0.15, 0.2) is 0 Å². The van der Waals surface area contributed by atoms with Crippen molar-refractivity contribution >= 4 is 11.7 Å². The average molecular weight is 340 g/mol. The second kappa shape index (κ2) is 7.96. The number of ether oxygens (including phenoxy) is 1. The van der Waals surface area contributed by atoms with Gasteiger partial charge in [0, 0.05) is 25.7 Å². The van der Waals surface area contributed by atoms with Crippen LogP contribution >= 0.6 is 0 Å². The van der Waals surface area contributed by atoms with Crippen molar-refractivity contribution in [1.29, 1.82) is 0 Å². The molecule has 132 valence electrons. The minimum Gasteiger partial charge on any atom is -0.497 e. The van der Waals surface area contributed by atoms with Crippen LogP contribution in [0, 0.1) is 5.92 Å². The van der Waals surface area contributed by atoms with E-state index in [1.165, 1.54) is 6.33 Å². The molecule has 1 aliphatic heterocycles. The highest BCUT2D eigenvalue weighted by Gasteiger charge is 2.22. The van der Waals surface area contributed by atoms with Gasteiger partial charge in [0.1, 0.15) is 23.6 Å². The van der Waals surface area contributed by atoms with E-state index in [2.05, 4.69) is 22.2 Å². The van der Waals surface area contributed by atoms with Crippen molar-refractivity contribution in [3.8, 4) is 5.75 Å². The molecule has 0 aliphatic carbocycles. The molecule has 1 aromatic carbocycles. The zero-order valence-electron chi connectivity index (χ0n) is 14.7. The monoisotopic (exact) mass is 340 g/mol. The molecule has 6 nitrogen and oxygen atoms in total. The van der Waals surface area contributed by atoms with Gasteiger partial charge >= 0.3 is 0 Å². The lowest BCUT2D eigenvalue weighted by atomic mass is 9.99. The van der Waals surface area contributed by atoms with E-state index < -0.39 is 0 Å². The molecule has 0 spiro atoms. The number of methoxy groups -OCH3 is 1. The molecule has 0 atom stereocenters. The minimum absolute atomic E-state index is 0.0122. The standard InChI is InChI=1S/C19H24N4O2/c1-14-7-9-23(10-8-14)19(24)17-11-18(22-13-21-17)20-12-15-3-5-16(25-2)6-4-15/h3-6,11,13-14H,7-10,12H2,1-2H3,(H,20,21,22). The lowest BCUT2D eigenvalue weighted by Gasteiger charge is -2.30. The second-order valence-corrected chi connectivity index (χ2v) is 6.46. The smallest absolute Gasteiger partial charge is 0.272 e. The Labute approximate surface area is 148 Å². The van der Waals surface area contributed by atoms with Gasteiger partial charge in [0.05, 0.1) is 7.11 Å². The van der Waals surface area contributed by atoms with Gasteiger partial charge in [-0.2, -0.15) is 0 Å². The van der Waals surface area contributed by atoms with E-state index in [1.807, 2.05) is 29.2 Å². The first-order valence-electron chi connectivity index (χ1n) is 8.64. The Morgan fingerprint density at radius 2 is 1.96 bits per heavy atom. The number of nitrogens with one attached hydrogen (secondary N) is 1. The zero-order valence-corrected chi connectivity index (χ0v) is 14.7. The molecule has 3 rings (SSSR count). The van der Waals surface area contributed by atoms with Crippen LogP contribution in [0.5, 0.6) is 5.75 Å². The number of nitrogens with zero attached hydrogens (tertiary/aromatic N) is 3. The van der Waals surface area contributed by atoms with Gasteiger partial charge < -0.3 is 15.0 Å². The number of hydrogen-bond donors (Lipinski definition) is 1. The lowest BCUT2D eigenvalue weighted by Crippen LogP contribution is -2.38. The zero-order chi connectivity index (χ0) is 17.6. The molecule has 0 saturated carbocycles. The summed E-state index contributed by atoms with van der Waals surface area (Å²) in [7, 11) is 1.65. The van der Waals surface area contributed by atoms with Crippen LogP contribution in [0.25, 0.3) is 0 Å². The molecule has 1 fully saturated rings. The number of piperidine rings is 1. The maximum atomic E-state index is 12.6. The van der Waals surface area contributed by atoms with Gasteiger partial charge in [-0.25, -0.2) is 9.97 Å². The number of anilines is 1. The first kappa shape index (κ1) is 17.2. The third-order valence-electron chi connectivity index (χ3n) is 4.59. The fraction of sp³-hybridized carbons (Fsp3) is 0.421. The maximum Gasteiger partial charge on any atom is 0.272 e. The van der Waals surface area contributed by atoms with Crippen LogP contribution in [-0.2, 0) is 6.54 Å². The highest BCUT2D eigenvalue weighted by Crippen LogP contribution is 2.18. The van der Waals surface area contributed by atoms with E-state index in [-0.39, 0.29) is 5.91 Å². The number of likely N-dealkylation sites (tertiary alicyclic amines) is 1. The Hall–Kier alpha value is -2.63. The van der Waals surface area contributed by atoms with E-state index in [0.717, 1.165) is 37.2 Å². The first-order valence-corrected chi connectivity index (χ1v) is 8.64. The van der Waals surface area contributed by atoms with Crippen LogP contribution in [0.15, 0.2) is 36.7 Å². The molecule has 0 unspecified atom stereocenters. The Kier molecular flexibility index (Phi) is 5.48. The number of aromatic nitrogens is 2. The Balaban J connectivity index is 1.61. The number of carbonyl (C=O) groups excluding carboxylic acids is 1. The number of amides is 1. The normalized spacial score (nSPS) is 15.0. The quantitative estimate of drug-likeness (QED) is 0.906. The molecule has 1 amide bonds. The van der Waals surface area contributed by atoms with Crippen molar-refractivity contribution in [2.45, 2.75) is 26.3 Å². The summed E-state index contributed by atoms with van der Waals surface area (Å²) in [6, 6.07) is 9.55. The SMILES string of the molecule is COc1ccc(CNc2cc(C(=O)N3CCC(C)CC3)ncn2)cc1. The molecule has 6 heteroatoms. The third-order valence-corrected chi connectivity index (χ3v) is 4.59. The number of benzene rings is 1. The van der Waals surface area contributed by atoms with Crippen LogP contribution in [0.3, 0.4) is 0 Å². The molecule has 1 aromatic heterocycles. The Bertz CT molecular complexity index is 710. The second-order valence-electron chi connectivity index (χ2n) is 6.46. The first-order chi connectivity index (χ1) is 12.2. The summed E-state index contributed by atoms with van der Waals surface area (Å²) in [5.74, 6) is 2.16. The molecule has 2 heterocycles. The molecule has 0 bridgehead atoms. The van der Waals surface area contributed by atoms with E-state index in [1.54, 1.807) is 13.2 Å². The molecule has 1 saturated heterocycles. The Morgan fingerprint density at radius 1 is 1.24 bits per heavy atom. The van der Waals surface area contributed by atoms with Crippen LogP contribution in [-0.4, -0.2) is 41.0 Å². The van der Waals surface area contributed by atoms with E-state index in [4.69, 9.17) is 4.74 Å². The largest absolute Gasteiger partial charge is 0.497 e. The van der Waals surface area contributed by atoms with Crippen molar-refractivity contribution in [2.24, 2.45) is 5.92 Å². The highest BCUT2D eigenvalue weighted by molar-refractivity contribution is 5.92. The highest BCUT2D eigenvalue weighted by atomic mass is 16.5. The molecule has 1 N–H and O–H groups in total. The molecule has 0 radical (unpaired) electrons. The molecular weight excluding hydrogens is 316 g/mol. The number of carbonyl (C=O) groups is 1. The summed E-state index contributed by atoms with van der Waals surface area (Å²) in [6.07, 6.45) is 3.55. The van der Waals surface area contributed by atoms with Crippen molar-refractivity contribution in [2.75, 3.05) is 25.5 Å². The number of rotatable bonds is 5. The molecule has 1 aliphatic rings. The average Bonchev–Trinajstić information content (AvgIpc) is 2.67. The van der Waals surface area contributed by atoms with Crippen LogP contribution in [0.1, 0.15) is 35.8 Å². The van der Waals surface area contributed by atoms with Gasteiger partial charge in [-0.3, -0.25) is 4.79 Å². The summed E-state index contributed by atoms with van der Waals surface area (Å²) in [5.41, 5.74) is 1.55. The van der Waals surface area contributed by atoms with E-state index >= 15 is 0 Å². The Morgan fingerprint density at radius 3 is 2.64 bits per heavy atom.